The maximum atomic E-state index is 12.5. The Kier molecular flexibility index (Phi) is 4.77. The first-order valence-electron chi connectivity index (χ1n) is 9.64. The van der Waals surface area contributed by atoms with Crippen molar-refractivity contribution in [2.45, 2.75) is 65.7 Å². The van der Waals surface area contributed by atoms with Gasteiger partial charge >= 0.3 is 5.97 Å². The van der Waals surface area contributed by atoms with E-state index in [9.17, 15) is 4.79 Å². The number of ether oxygens (including phenoxy) is 1. The van der Waals surface area contributed by atoms with E-state index < -0.39 is 0 Å². The number of carbonyl (C=O) groups excluding carboxylic acids is 1. The topological polar surface area (TPSA) is 26.3 Å². The lowest BCUT2D eigenvalue weighted by Gasteiger charge is -2.38. The zero-order valence-corrected chi connectivity index (χ0v) is 15.8. The highest BCUT2D eigenvalue weighted by Gasteiger charge is 2.44. The molecule has 0 aliphatic heterocycles. The van der Waals surface area contributed by atoms with Gasteiger partial charge < -0.3 is 4.74 Å². The molecule has 2 aliphatic carbocycles. The summed E-state index contributed by atoms with van der Waals surface area (Å²) in [4.78, 5) is 12.5. The van der Waals surface area contributed by atoms with Gasteiger partial charge in [0, 0.05) is 0 Å². The molecule has 0 aromatic heterocycles. The number of hydrogen-bond acceptors (Lipinski definition) is 2. The molecule has 2 bridgehead atoms. The van der Waals surface area contributed by atoms with E-state index in [4.69, 9.17) is 4.74 Å². The normalized spacial score (nSPS) is 26.4. The minimum atomic E-state index is -0.00886. The van der Waals surface area contributed by atoms with Crippen LogP contribution in [0.5, 0.6) is 5.75 Å². The first-order valence-corrected chi connectivity index (χ1v) is 9.64. The van der Waals surface area contributed by atoms with Gasteiger partial charge in [-0.25, -0.2) is 0 Å². The fourth-order valence-electron chi connectivity index (χ4n) is 4.94. The van der Waals surface area contributed by atoms with Crippen molar-refractivity contribution in [3.63, 3.8) is 0 Å². The molecule has 3 unspecified atom stereocenters. The lowest BCUT2D eigenvalue weighted by molar-refractivity contribution is -0.140. The van der Waals surface area contributed by atoms with Gasteiger partial charge in [0.05, 0.1) is 5.92 Å². The summed E-state index contributed by atoms with van der Waals surface area (Å²) in [6.45, 7) is 11.5. The molecule has 2 saturated carbocycles. The van der Waals surface area contributed by atoms with Gasteiger partial charge in [-0.05, 0) is 66.0 Å². The Hall–Kier alpha value is -1.31. The van der Waals surface area contributed by atoms with E-state index >= 15 is 0 Å². The first kappa shape index (κ1) is 17.5. The molecule has 0 heterocycles. The van der Waals surface area contributed by atoms with Crippen LogP contribution in [0.1, 0.15) is 65.9 Å². The van der Waals surface area contributed by atoms with Crippen molar-refractivity contribution in [1.82, 2.24) is 0 Å². The lowest BCUT2D eigenvalue weighted by atomic mass is 9.66. The van der Waals surface area contributed by atoms with Crippen molar-refractivity contribution < 1.29 is 9.53 Å². The minimum absolute atomic E-state index is 0.00886. The summed E-state index contributed by atoms with van der Waals surface area (Å²) in [5, 5.41) is 0. The average molecular weight is 328 g/mol. The molecule has 1 aromatic rings. The molecule has 24 heavy (non-hydrogen) atoms. The van der Waals surface area contributed by atoms with E-state index in [0.29, 0.717) is 23.5 Å². The van der Waals surface area contributed by atoms with Crippen molar-refractivity contribution in [3.8, 4) is 5.75 Å². The fourth-order valence-corrected chi connectivity index (χ4v) is 4.94. The summed E-state index contributed by atoms with van der Waals surface area (Å²) < 4.78 is 5.70. The molecular formula is C22H32O2. The number of carbonyl (C=O) groups is 1. The number of rotatable bonds is 5. The molecule has 0 radical (unpaired) electrons. The smallest absolute Gasteiger partial charge is 0.314 e. The molecule has 3 atom stereocenters. The van der Waals surface area contributed by atoms with Crippen LogP contribution in [0.25, 0.3) is 0 Å². The molecule has 1 aromatic carbocycles. The Bertz CT molecular complexity index is 576. The van der Waals surface area contributed by atoms with E-state index in [0.717, 1.165) is 12.3 Å². The van der Waals surface area contributed by atoms with Gasteiger partial charge in [-0.15, -0.1) is 0 Å². The van der Waals surface area contributed by atoms with Crippen molar-refractivity contribution in [1.29, 1.82) is 0 Å². The van der Waals surface area contributed by atoms with Gasteiger partial charge in [0.25, 0.3) is 0 Å². The maximum absolute atomic E-state index is 12.5. The highest BCUT2D eigenvalue weighted by molar-refractivity contribution is 5.76. The van der Waals surface area contributed by atoms with Crippen molar-refractivity contribution >= 4 is 5.97 Å². The molecular weight excluding hydrogens is 296 g/mol. The molecule has 2 fully saturated rings. The Morgan fingerprint density at radius 3 is 2.12 bits per heavy atom. The van der Waals surface area contributed by atoms with E-state index in [2.05, 4.69) is 46.8 Å². The Balaban J connectivity index is 1.69. The van der Waals surface area contributed by atoms with Crippen LogP contribution in [-0.2, 0) is 10.2 Å². The van der Waals surface area contributed by atoms with Crippen molar-refractivity contribution in [2.24, 2.45) is 29.6 Å². The van der Waals surface area contributed by atoms with Crippen LogP contribution in [-0.4, -0.2) is 5.97 Å². The predicted octanol–water partition coefficient (Wildman–Crippen LogP) is 5.60. The largest absolute Gasteiger partial charge is 0.426 e. The second-order valence-electron chi connectivity index (χ2n) is 8.82. The third-order valence-corrected chi connectivity index (χ3v) is 7.13. The van der Waals surface area contributed by atoms with Crippen LogP contribution in [0.3, 0.4) is 0 Å². The van der Waals surface area contributed by atoms with E-state index in [1.54, 1.807) is 0 Å². The van der Waals surface area contributed by atoms with Crippen LogP contribution in [0, 0.1) is 29.6 Å². The number of benzene rings is 1. The van der Waals surface area contributed by atoms with Crippen molar-refractivity contribution in [2.75, 3.05) is 0 Å². The van der Waals surface area contributed by atoms with Gasteiger partial charge in [-0.2, -0.15) is 0 Å². The quantitative estimate of drug-likeness (QED) is 0.519. The maximum Gasteiger partial charge on any atom is 0.314 e. The van der Waals surface area contributed by atoms with E-state index in [1.807, 2.05) is 12.1 Å². The third-order valence-electron chi connectivity index (χ3n) is 7.13. The van der Waals surface area contributed by atoms with Gasteiger partial charge in [-0.1, -0.05) is 53.2 Å². The Morgan fingerprint density at radius 1 is 1.04 bits per heavy atom. The molecule has 3 rings (SSSR count). The molecule has 0 amide bonds. The molecule has 2 aliphatic rings. The lowest BCUT2D eigenvalue weighted by Crippen LogP contribution is -2.34. The van der Waals surface area contributed by atoms with Gasteiger partial charge in [-0.3, -0.25) is 4.79 Å². The summed E-state index contributed by atoms with van der Waals surface area (Å²) in [5.74, 6) is 3.28. The summed E-state index contributed by atoms with van der Waals surface area (Å²) in [5.41, 5.74) is 1.46. The summed E-state index contributed by atoms with van der Waals surface area (Å²) >= 11 is 0. The molecule has 0 saturated heterocycles. The number of hydrogen-bond donors (Lipinski definition) is 0. The molecule has 2 heteroatoms. The van der Waals surface area contributed by atoms with E-state index in [1.165, 1.54) is 24.8 Å². The molecule has 0 spiro atoms. The monoisotopic (exact) mass is 328 g/mol. The zero-order chi connectivity index (χ0) is 17.5. The van der Waals surface area contributed by atoms with Crippen LogP contribution in [0.4, 0.5) is 0 Å². The highest BCUT2D eigenvalue weighted by Crippen LogP contribution is 2.48. The van der Waals surface area contributed by atoms with Crippen LogP contribution in [0.15, 0.2) is 24.3 Å². The number of esters is 1. The van der Waals surface area contributed by atoms with Gasteiger partial charge in [0.15, 0.2) is 0 Å². The van der Waals surface area contributed by atoms with Crippen LogP contribution >= 0.6 is 0 Å². The van der Waals surface area contributed by atoms with Crippen LogP contribution < -0.4 is 4.74 Å². The summed E-state index contributed by atoms with van der Waals surface area (Å²) in [6, 6.07) is 8.24. The first-order chi connectivity index (χ1) is 11.3. The second-order valence-corrected chi connectivity index (χ2v) is 8.82. The van der Waals surface area contributed by atoms with Crippen LogP contribution in [0.2, 0.25) is 0 Å². The second kappa shape index (κ2) is 6.54. The third kappa shape index (κ3) is 3.00. The molecule has 0 N–H and O–H groups in total. The van der Waals surface area contributed by atoms with Gasteiger partial charge in [0.2, 0.25) is 0 Å². The van der Waals surface area contributed by atoms with E-state index in [-0.39, 0.29) is 17.3 Å². The SMILES string of the molecule is CC(C)C(C)(c1ccc(OC(=O)C2CC3CCC2C3)cc1)C(C)C. The fraction of sp³-hybridized carbons (Fsp3) is 0.682. The minimum Gasteiger partial charge on any atom is -0.426 e. The molecule has 2 nitrogen and oxygen atoms in total. The average Bonchev–Trinajstić information content (AvgIpc) is 3.17. The highest BCUT2D eigenvalue weighted by atomic mass is 16.5. The van der Waals surface area contributed by atoms with Gasteiger partial charge in [0.1, 0.15) is 5.75 Å². The Labute approximate surface area is 147 Å². The zero-order valence-electron chi connectivity index (χ0n) is 15.8. The summed E-state index contributed by atoms with van der Waals surface area (Å²) in [6.07, 6.45) is 4.80. The predicted molar refractivity (Wildman–Crippen MR) is 98.0 cm³/mol. The summed E-state index contributed by atoms with van der Waals surface area (Å²) in [7, 11) is 0. The number of fused-ring (bicyclic) bond motifs is 2. The van der Waals surface area contributed by atoms with Crippen molar-refractivity contribution in [3.05, 3.63) is 29.8 Å². The molecule has 132 valence electrons. The standard InChI is InChI=1S/C22H32O2/c1-14(2)22(5,15(3)4)18-8-10-19(11-9-18)24-21(23)20-13-16-6-7-17(20)12-16/h8-11,14-17,20H,6-7,12-13H2,1-5H3. The Morgan fingerprint density at radius 2 is 1.67 bits per heavy atom.